The number of amides is 4. The minimum Gasteiger partial charge on any atom is -0.339 e. The van der Waals surface area contributed by atoms with Crippen molar-refractivity contribution in [2.24, 2.45) is 5.92 Å². The number of rotatable bonds is 8. The van der Waals surface area contributed by atoms with E-state index in [4.69, 9.17) is 0 Å². The standard InChI is InChI=1S/C29H38N4O3/c1-21-10-5-7-12-23(21)20-29(27(35)33(28(36)30-29)17-9-16-31(3)4)24-14-18-32(19-15-24)26(34)25-13-8-6-11-22(25)2/h5-8,10-13,24H,9,14-20H2,1-4H3,(H,30,36)/t29-/m0/s1. The fourth-order valence-electron chi connectivity index (χ4n) is 5.60. The summed E-state index contributed by atoms with van der Waals surface area (Å²) in [6, 6.07) is 15.4. The van der Waals surface area contributed by atoms with E-state index < -0.39 is 5.54 Å². The third-order valence-corrected chi connectivity index (χ3v) is 7.77. The lowest BCUT2D eigenvalue weighted by atomic mass is 9.73. The summed E-state index contributed by atoms with van der Waals surface area (Å²) in [5.74, 6) is -0.141. The number of likely N-dealkylation sites (tertiary alicyclic amines) is 1. The van der Waals surface area contributed by atoms with E-state index >= 15 is 0 Å². The molecule has 0 aliphatic carbocycles. The summed E-state index contributed by atoms with van der Waals surface area (Å²) < 4.78 is 0. The third kappa shape index (κ3) is 5.16. The number of carbonyl (C=O) groups excluding carboxylic acids is 3. The van der Waals surface area contributed by atoms with E-state index in [1.54, 1.807) is 0 Å². The molecule has 4 amide bonds. The Kier molecular flexibility index (Phi) is 7.79. The summed E-state index contributed by atoms with van der Waals surface area (Å²) in [5, 5.41) is 3.16. The number of nitrogens with zero attached hydrogens (tertiary/aromatic N) is 3. The molecule has 0 bridgehead atoms. The molecule has 7 heteroatoms. The molecule has 2 heterocycles. The molecule has 0 radical (unpaired) electrons. The van der Waals surface area contributed by atoms with Crippen molar-refractivity contribution in [2.75, 3.05) is 40.3 Å². The van der Waals surface area contributed by atoms with Crippen molar-refractivity contribution in [3.05, 3.63) is 70.8 Å². The Balaban J connectivity index is 1.56. The Morgan fingerprint density at radius 3 is 2.28 bits per heavy atom. The number of carbonyl (C=O) groups is 3. The van der Waals surface area contributed by atoms with Crippen molar-refractivity contribution in [1.29, 1.82) is 0 Å². The zero-order chi connectivity index (χ0) is 25.9. The van der Waals surface area contributed by atoms with E-state index in [1.807, 2.05) is 81.4 Å². The molecule has 0 spiro atoms. The van der Waals surface area contributed by atoms with Gasteiger partial charge in [0.05, 0.1) is 0 Å². The molecule has 0 saturated carbocycles. The number of imide groups is 1. The Morgan fingerprint density at radius 2 is 1.64 bits per heavy atom. The van der Waals surface area contributed by atoms with Crippen LogP contribution >= 0.6 is 0 Å². The molecule has 2 aromatic rings. The van der Waals surface area contributed by atoms with Gasteiger partial charge in [0.2, 0.25) is 0 Å². The SMILES string of the molecule is Cc1ccccc1C[C@@]1(C2CCN(C(=O)c3ccccc3C)CC2)NC(=O)N(CCCN(C)C)C1=O. The predicted octanol–water partition coefficient (Wildman–Crippen LogP) is 3.64. The van der Waals surface area contributed by atoms with E-state index in [2.05, 4.69) is 10.2 Å². The first-order valence-electron chi connectivity index (χ1n) is 12.9. The van der Waals surface area contributed by atoms with Crippen LogP contribution in [0.3, 0.4) is 0 Å². The molecule has 7 nitrogen and oxygen atoms in total. The average Bonchev–Trinajstić information content (AvgIpc) is 3.10. The Bertz CT molecular complexity index is 1120. The Morgan fingerprint density at radius 1 is 1.00 bits per heavy atom. The summed E-state index contributed by atoms with van der Waals surface area (Å²) in [6.45, 7) is 6.34. The van der Waals surface area contributed by atoms with Gasteiger partial charge in [-0.25, -0.2) is 4.79 Å². The van der Waals surface area contributed by atoms with Gasteiger partial charge in [-0.2, -0.15) is 0 Å². The van der Waals surface area contributed by atoms with Crippen LogP contribution in [-0.2, 0) is 11.2 Å². The molecule has 4 rings (SSSR count). The summed E-state index contributed by atoms with van der Waals surface area (Å²) in [4.78, 5) is 45.6. The molecule has 2 aliphatic heterocycles. The number of hydrogen-bond donors (Lipinski definition) is 1. The first-order valence-corrected chi connectivity index (χ1v) is 12.9. The molecule has 0 aromatic heterocycles. The van der Waals surface area contributed by atoms with Crippen LogP contribution in [0.25, 0.3) is 0 Å². The van der Waals surface area contributed by atoms with Gasteiger partial charge < -0.3 is 15.1 Å². The fraction of sp³-hybridized carbons (Fsp3) is 0.483. The van der Waals surface area contributed by atoms with Crippen LogP contribution in [0.1, 0.15) is 46.3 Å². The lowest BCUT2D eigenvalue weighted by molar-refractivity contribution is -0.134. The minimum absolute atomic E-state index is 0.0339. The topological polar surface area (TPSA) is 73.0 Å². The number of urea groups is 1. The molecule has 2 fully saturated rings. The Labute approximate surface area is 214 Å². The molecule has 2 saturated heterocycles. The summed E-state index contributed by atoms with van der Waals surface area (Å²) >= 11 is 0. The van der Waals surface area contributed by atoms with Gasteiger partial charge in [-0.3, -0.25) is 14.5 Å². The van der Waals surface area contributed by atoms with Crippen molar-refractivity contribution in [3.8, 4) is 0 Å². The zero-order valence-electron chi connectivity index (χ0n) is 21.9. The van der Waals surface area contributed by atoms with Gasteiger partial charge in [0.15, 0.2) is 0 Å². The number of nitrogens with one attached hydrogen (secondary N) is 1. The van der Waals surface area contributed by atoms with Crippen molar-refractivity contribution in [3.63, 3.8) is 0 Å². The summed E-state index contributed by atoms with van der Waals surface area (Å²) in [7, 11) is 3.97. The second kappa shape index (κ2) is 10.8. The van der Waals surface area contributed by atoms with Gasteiger partial charge in [-0.05, 0) is 82.4 Å². The van der Waals surface area contributed by atoms with E-state index in [9.17, 15) is 14.4 Å². The lowest BCUT2D eigenvalue weighted by Gasteiger charge is -2.41. The normalized spacial score (nSPS) is 20.8. The monoisotopic (exact) mass is 490 g/mol. The van der Waals surface area contributed by atoms with Crippen LogP contribution in [0.4, 0.5) is 4.79 Å². The van der Waals surface area contributed by atoms with Crippen molar-refractivity contribution >= 4 is 17.8 Å². The molecule has 36 heavy (non-hydrogen) atoms. The van der Waals surface area contributed by atoms with Crippen LogP contribution in [0.2, 0.25) is 0 Å². The van der Waals surface area contributed by atoms with Crippen molar-refractivity contribution in [2.45, 2.75) is 45.1 Å². The molecule has 0 unspecified atom stereocenters. The molecule has 1 atom stereocenters. The largest absolute Gasteiger partial charge is 0.339 e. The number of hydrogen-bond acceptors (Lipinski definition) is 4. The van der Waals surface area contributed by atoms with E-state index in [-0.39, 0.29) is 23.8 Å². The minimum atomic E-state index is -0.987. The highest BCUT2D eigenvalue weighted by molar-refractivity contribution is 6.07. The molecular formula is C29H38N4O3. The van der Waals surface area contributed by atoms with Gasteiger partial charge in [0, 0.05) is 31.6 Å². The maximum Gasteiger partial charge on any atom is 0.325 e. The molecule has 192 valence electrons. The second-order valence-corrected chi connectivity index (χ2v) is 10.5. The number of aryl methyl sites for hydroxylation is 2. The van der Waals surface area contributed by atoms with Crippen molar-refractivity contribution < 1.29 is 14.4 Å². The van der Waals surface area contributed by atoms with Gasteiger partial charge in [0.1, 0.15) is 5.54 Å². The van der Waals surface area contributed by atoms with Crippen LogP contribution < -0.4 is 5.32 Å². The zero-order valence-corrected chi connectivity index (χ0v) is 21.9. The molecule has 2 aromatic carbocycles. The average molecular weight is 491 g/mol. The van der Waals surface area contributed by atoms with E-state index in [0.29, 0.717) is 38.9 Å². The highest BCUT2D eigenvalue weighted by Crippen LogP contribution is 2.37. The lowest BCUT2D eigenvalue weighted by Crippen LogP contribution is -2.58. The van der Waals surface area contributed by atoms with Gasteiger partial charge >= 0.3 is 6.03 Å². The van der Waals surface area contributed by atoms with E-state index in [0.717, 1.165) is 35.2 Å². The van der Waals surface area contributed by atoms with Crippen LogP contribution in [-0.4, -0.2) is 78.4 Å². The smallest absolute Gasteiger partial charge is 0.325 e. The van der Waals surface area contributed by atoms with E-state index in [1.165, 1.54) is 4.90 Å². The predicted molar refractivity (Wildman–Crippen MR) is 141 cm³/mol. The van der Waals surface area contributed by atoms with Crippen molar-refractivity contribution in [1.82, 2.24) is 20.0 Å². The fourth-order valence-corrected chi connectivity index (χ4v) is 5.60. The first-order chi connectivity index (χ1) is 17.2. The highest BCUT2D eigenvalue weighted by atomic mass is 16.2. The maximum absolute atomic E-state index is 14.0. The van der Waals surface area contributed by atoms with Crippen LogP contribution in [0.5, 0.6) is 0 Å². The van der Waals surface area contributed by atoms with Crippen LogP contribution in [0.15, 0.2) is 48.5 Å². The Hall–Kier alpha value is -3.19. The third-order valence-electron chi connectivity index (χ3n) is 7.77. The summed E-state index contributed by atoms with van der Waals surface area (Å²) in [5.41, 5.74) is 2.88. The number of benzene rings is 2. The first kappa shape index (κ1) is 25.9. The number of piperidine rings is 1. The van der Waals surface area contributed by atoms with Gasteiger partial charge in [-0.15, -0.1) is 0 Å². The van der Waals surface area contributed by atoms with Gasteiger partial charge in [-0.1, -0.05) is 42.5 Å². The maximum atomic E-state index is 14.0. The highest BCUT2D eigenvalue weighted by Gasteiger charge is 2.56. The summed E-state index contributed by atoms with van der Waals surface area (Å²) in [6.07, 6.45) is 2.53. The molecular weight excluding hydrogens is 452 g/mol. The molecule has 2 aliphatic rings. The second-order valence-electron chi connectivity index (χ2n) is 10.5. The van der Waals surface area contributed by atoms with Crippen LogP contribution in [0, 0.1) is 19.8 Å². The van der Waals surface area contributed by atoms with Gasteiger partial charge in [0.25, 0.3) is 11.8 Å². The molecule has 1 N–H and O–H groups in total. The quantitative estimate of drug-likeness (QED) is 0.574.